The van der Waals surface area contributed by atoms with Gasteiger partial charge in [0.1, 0.15) is 0 Å². The second-order valence-electron chi connectivity index (χ2n) is 4.33. The highest BCUT2D eigenvalue weighted by molar-refractivity contribution is 6.33. The van der Waals surface area contributed by atoms with Crippen LogP contribution < -0.4 is 11.1 Å². The molecule has 0 atom stereocenters. The van der Waals surface area contributed by atoms with Gasteiger partial charge in [-0.15, -0.1) is 0 Å². The molecule has 0 heterocycles. The molecule has 0 amide bonds. The molecular formula is C15H15ClN2O. The number of hydrogen-bond acceptors (Lipinski definition) is 3. The van der Waals surface area contributed by atoms with E-state index in [0.717, 1.165) is 11.3 Å². The first kappa shape index (κ1) is 13.4. The van der Waals surface area contributed by atoms with Crippen LogP contribution in [0.3, 0.4) is 0 Å². The van der Waals surface area contributed by atoms with Crippen LogP contribution in [-0.2, 0) is 0 Å². The summed E-state index contributed by atoms with van der Waals surface area (Å²) in [5, 5.41) is 3.58. The number of carbonyl (C=O) groups excluding carboxylic acids is 1. The SMILES string of the molecule is Cc1ccccc1NCC(=O)c1ccc(Cl)c(N)c1. The summed E-state index contributed by atoms with van der Waals surface area (Å²) in [6.07, 6.45) is 0. The van der Waals surface area contributed by atoms with Gasteiger partial charge in [0.05, 0.1) is 17.3 Å². The quantitative estimate of drug-likeness (QED) is 0.662. The number of halogens is 1. The molecule has 0 unspecified atom stereocenters. The molecule has 3 nitrogen and oxygen atoms in total. The zero-order chi connectivity index (χ0) is 13.8. The van der Waals surface area contributed by atoms with Crippen LogP contribution in [0, 0.1) is 6.92 Å². The Bertz CT molecular complexity index is 611. The number of Topliss-reactive ketones (excluding diaryl/α,β-unsaturated/α-hetero) is 1. The second-order valence-corrected chi connectivity index (χ2v) is 4.74. The van der Waals surface area contributed by atoms with Gasteiger partial charge in [-0.05, 0) is 36.8 Å². The Morgan fingerprint density at radius 3 is 2.68 bits per heavy atom. The van der Waals surface area contributed by atoms with Crippen LogP contribution in [0.15, 0.2) is 42.5 Å². The van der Waals surface area contributed by atoms with Crippen LogP contribution in [0.4, 0.5) is 11.4 Å². The largest absolute Gasteiger partial charge is 0.398 e. The molecule has 0 saturated heterocycles. The van der Waals surface area contributed by atoms with Gasteiger partial charge in [-0.25, -0.2) is 0 Å². The highest BCUT2D eigenvalue weighted by Crippen LogP contribution is 2.20. The van der Waals surface area contributed by atoms with Crippen molar-refractivity contribution >= 4 is 28.8 Å². The number of anilines is 2. The minimum atomic E-state index is -0.0216. The number of benzene rings is 2. The molecule has 98 valence electrons. The van der Waals surface area contributed by atoms with E-state index in [1.807, 2.05) is 31.2 Å². The molecule has 3 N–H and O–H groups in total. The number of hydrogen-bond donors (Lipinski definition) is 2. The summed E-state index contributed by atoms with van der Waals surface area (Å²) in [5.41, 5.74) is 8.72. The van der Waals surface area contributed by atoms with Crippen LogP contribution in [-0.4, -0.2) is 12.3 Å². The van der Waals surface area contributed by atoms with Gasteiger partial charge < -0.3 is 11.1 Å². The number of nitrogens with one attached hydrogen (secondary N) is 1. The molecule has 4 heteroatoms. The van der Waals surface area contributed by atoms with E-state index in [-0.39, 0.29) is 12.3 Å². The maximum Gasteiger partial charge on any atom is 0.181 e. The Morgan fingerprint density at radius 1 is 1.26 bits per heavy atom. The molecule has 0 spiro atoms. The maximum atomic E-state index is 12.0. The van der Waals surface area contributed by atoms with Crippen molar-refractivity contribution in [3.8, 4) is 0 Å². The number of rotatable bonds is 4. The van der Waals surface area contributed by atoms with Crippen LogP contribution >= 0.6 is 11.6 Å². The molecule has 0 bridgehead atoms. The van der Waals surface area contributed by atoms with Crippen LogP contribution in [0.2, 0.25) is 5.02 Å². The fraction of sp³-hybridized carbons (Fsp3) is 0.133. The third kappa shape index (κ3) is 3.26. The second kappa shape index (κ2) is 5.76. The monoisotopic (exact) mass is 274 g/mol. The lowest BCUT2D eigenvalue weighted by Gasteiger charge is -2.09. The average molecular weight is 275 g/mol. The lowest BCUT2D eigenvalue weighted by atomic mass is 10.1. The topological polar surface area (TPSA) is 55.1 Å². The predicted octanol–water partition coefficient (Wildman–Crippen LogP) is 3.53. The van der Waals surface area contributed by atoms with E-state index in [4.69, 9.17) is 17.3 Å². The molecule has 2 rings (SSSR count). The Morgan fingerprint density at radius 2 is 2.00 bits per heavy atom. The lowest BCUT2D eigenvalue weighted by molar-refractivity contribution is 0.101. The number of aryl methyl sites for hydroxylation is 1. The summed E-state index contributed by atoms with van der Waals surface area (Å²) in [6, 6.07) is 12.7. The zero-order valence-corrected chi connectivity index (χ0v) is 11.4. The molecule has 2 aromatic carbocycles. The van der Waals surface area contributed by atoms with Crippen molar-refractivity contribution < 1.29 is 4.79 Å². The van der Waals surface area contributed by atoms with Gasteiger partial charge >= 0.3 is 0 Å². The summed E-state index contributed by atoms with van der Waals surface area (Å²) in [4.78, 5) is 12.0. The molecule has 0 saturated carbocycles. The van der Waals surface area contributed by atoms with Crippen LogP contribution in [0.5, 0.6) is 0 Å². The first-order valence-electron chi connectivity index (χ1n) is 5.95. The standard InChI is InChI=1S/C15H15ClN2O/c1-10-4-2-3-5-14(10)18-9-15(19)11-6-7-12(16)13(17)8-11/h2-8,18H,9,17H2,1H3. The predicted molar refractivity (Wildman–Crippen MR) is 79.9 cm³/mol. The molecular weight excluding hydrogens is 260 g/mol. The third-order valence-corrected chi connectivity index (χ3v) is 3.25. The van der Waals surface area contributed by atoms with E-state index in [9.17, 15) is 4.79 Å². The van der Waals surface area contributed by atoms with Gasteiger partial charge in [-0.3, -0.25) is 4.79 Å². The molecule has 0 radical (unpaired) electrons. The van der Waals surface area contributed by atoms with Crippen molar-refractivity contribution in [1.29, 1.82) is 0 Å². The minimum Gasteiger partial charge on any atom is -0.398 e. The smallest absolute Gasteiger partial charge is 0.181 e. The first-order valence-corrected chi connectivity index (χ1v) is 6.33. The molecule has 19 heavy (non-hydrogen) atoms. The van der Waals surface area contributed by atoms with Crippen molar-refractivity contribution in [2.45, 2.75) is 6.92 Å². The Hall–Kier alpha value is -2.00. The molecule has 2 aromatic rings. The van der Waals surface area contributed by atoms with Gasteiger partial charge in [0.25, 0.3) is 0 Å². The van der Waals surface area contributed by atoms with Crippen molar-refractivity contribution in [2.24, 2.45) is 0 Å². The van der Waals surface area contributed by atoms with Gasteiger partial charge in [0, 0.05) is 11.3 Å². The van der Waals surface area contributed by atoms with Crippen molar-refractivity contribution in [1.82, 2.24) is 0 Å². The zero-order valence-electron chi connectivity index (χ0n) is 10.6. The summed E-state index contributed by atoms with van der Waals surface area (Å²) in [6.45, 7) is 2.22. The summed E-state index contributed by atoms with van der Waals surface area (Å²) in [7, 11) is 0. The third-order valence-electron chi connectivity index (χ3n) is 2.90. The van der Waals surface area contributed by atoms with E-state index in [1.54, 1.807) is 18.2 Å². The van der Waals surface area contributed by atoms with Crippen molar-refractivity contribution in [3.63, 3.8) is 0 Å². The van der Waals surface area contributed by atoms with Gasteiger partial charge in [-0.2, -0.15) is 0 Å². The average Bonchev–Trinajstić information content (AvgIpc) is 2.40. The number of para-hydroxylation sites is 1. The molecule has 0 aliphatic heterocycles. The molecule has 0 aromatic heterocycles. The Balaban J connectivity index is 2.05. The van der Waals surface area contributed by atoms with E-state index in [2.05, 4.69) is 5.32 Å². The fourth-order valence-electron chi connectivity index (χ4n) is 1.77. The number of carbonyl (C=O) groups is 1. The molecule has 0 aliphatic rings. The first-order chi connectivity index (χ1) is 9.08. The van der Waals surface area contributed by atoms with Gasteiger partial charge in [0.15, 0.2) is 5.78 Å². The minimum absolute atomic E-state index is 0.0216. The molecule has 0 fully saturated rings. The Kier molecular flexibility index (Phi) is 4.07. The fourth-order valence-corrected chi connectivity index (χ4v) is 1.88. The number of ketones is 1. The molecule has 0 aliphatic carbocycles. The lowest BCUT2D eigenvalue weighted by Crippen LogP contribution is -2.14. The van der Waals surface area contributed by atoms with E-state index in [1.165, 1.54) is 0 Å². The van der Waals surface area contributed by atoms with Crippen LogP contribution in [0.25, 0.3) is 0 Å². The van der Waals surface area contributed by atoms with Crippen molar-refractivity contribution in [2.75, 3.05) is 17.6 Å². The van der Waals surface area contributed by atoms with Gasteiger partial charge in [-0.1, -0.05) is 29.8 Å². The highest BCUT2D eigenvalue weighted by Gasteiger charge is 2.08. The summed E-state index contributed by atoms with van der Waals surface area (Å²) in [5.74, 6) is -0.0216. The number of nitrogens with two attached hydrogens (primary N) is 1. The van der Waals surface area contributed by atoms with Crippen LogP contribution in [0.1, 0.15) is 15.9 Å². The maximum absolute atomic E-state index is 12.0. The summed E-state index contributed by atoms with van der Waals surface area (Å²) >= 11 is 5.83. The van der Waals surface area contributed by atoms with E-state index >= 15 is 0 Å². The van der Waals surface area contributed by atoms with Gasteiger partial charge in [0.2, 0.25) is 0 Å². The summed E-state index contributed by atoms with van der Waals surface area (Å²) < 4.78 is 0. The number of nitrogen functional groups attached to an aromatic ring is 1. The van der Waals surface area contributed by atoms with E-state index in [0.29, 0.717) is 16.3 Å². The Labute approximate surface area is 117 Å². The van der Waals surface area contributed by atoms with Crippen molar-refractivity contribution in [3.05, 3.63) is 58.6 Å². The highest BCUT2D eigenvalue weighted by atomic mass is 35.5. The normalized spacial score (nSPS) is 10.2. The van der Waals surface area contributed by atoms with E-state index < -0.39 is 0 Å².